The standard InChI is InChI=1S/C29H25BrN2O6/c30-24-14-6-5-13-23(24)29(37-17-7-15-31-25(33)19-9-1-2-10-20(19)26(31)34)38-18-8-16-32-27(35)21-11-3-4-12-22(21)28(32)36/h1-6,9-14,29H,7-8,15-18H2. The van der Waals surface area contributed by atoms with Crippen LogP contribution in [0.5, 0.6) is 0 Å². The van der Waals surface area contributed by atoms with E-state index in [1.165, 1.54) is 9.80 Å². The quantitative estimate of drug-likeness (QED) is 0.184. The first-order valence-electron chi connectivity index (χ1n) is 12.4. The van der Waals surface area contributed by atoms with Crippen LogP contribution in [0.25, 0.3) is 0 Å². The Morgan fingerprint density at radius 3 is 1.34 bits per heavy atom. The van der Waals surface area contributed by atoms with Crippen LogP contribution in [0, 0.1) is 0 Å². The number of hydrogen-bond donors (Lipinski definition) is 0. The van der Waals surface area contributed by atoms with Gasteiger partial charge in [0.25, 0.3) is 23.6 Å². The molecule has 0 atom stereocenters. The number of fused-ring (bicyclic) bond motifs is 2. The van der Waals surface area contributed by atoms with E-state index in [-0.39, 0.29) is 49.9 Å². The van der Waals surface area contributed by atoms with Gasteiger partial charge in [-0.1, -0.05) is 58.4 Å². The third kappa shape index (κ3) is 5.05. The molecule has 0 bridgehead atoms. The Bertz CT molecular complexity index is 1250. The van der Waals surface area contributed by atoms with E-state index < -0.39 is 6.29 Å². The van der Waals surface area contributed by atoms with Crippen molar-refractivity contribution in [3.8, 4) is 0 Å². The van der Waals surface area contributed by atoms with Gasteiger partial charge in [-0.2, -0.15) is 0 Å². The number of halogens is 1. The predicted octanol–water partition coefficient (Wildman–Crippen LogP) is 4.85. The van der Waals surface area contributed by atoms with Crippen LogP contribution in [-0.4, -0.2) is 59.7 Å². The molecule has 0 saturated heterocycles. The number of nitrogens with zero attached hydrogens (tertiary/aromatic N) is 2. The summed E-state index contributed by atoms with van der Waals surface area (Å²) in [6.07, 6.45) is 0.158. The molecule has 2 aliphatic heterocycles. The highest BCUT2D eigenvalue weighted by Crippen LogP contribution is 2.28. The van der Waals surface area contributed by atoms with E-state index in [1.807, 2.05) is 24.3 Å². The van der Waals surface area contributed by atoms with Gasteiger partial charge in [-0.05, 0) is 43.2 Å². The SMILES string of the molecule is O=C1c2ccccc2C(=O)N1CCCOC(OCCCN1C(=O)c2ccccc2C1=O)c1ccccc1Br. The minimum Gasteiger partial charge on any atom is -0.348 e. The van der Waals surface area contributed by atoms with Crippen LogP contribution in [0.15, 0.2) is 77.3 Å². The van der Waals surface area contributed by atoms with Crippen LogP contribution < -0.4 is 0 Å². The maximum Gasteiger partial charge on any atom is 0.261 e. The van der Waals surface area contributed by atoms with Gasteiger partial charge in [0.15, 0.2) is 6.29 Å². The van der Waals surface area contributed by atoms with E-state index in [2.05, 4.69) is 15.9 Å². The van der Waals surface area contributed by atoms with E-state index in [0.29, 0.717) is 35.1 Å². The highest BCUT2D eigenvalue weighted by atomic mass is 79.9. The smallest absolute Gasteiger partial charge is 0.261 e. The van der Waals surface area contributed by atoms with Crippen molar-refractivity contribution in [2.75, 3.05) is 26.3 Å². The maximum absolute atomic E-state index is 12.6. The Balaban J connectivity index is 1.14. The summed E-state index contributed by atoms with van der Waals surface area (Å²) in [5.41, 5.74) is 2.47. The second-order valence-electron chi connectivity index (χ2n) is 8.92. The molecule has 38 heavy (non-hydrogen) atoms. The van der Waals surface area contributed by atoms with Crippen molar-refractivity contribution in [3.05, 3.63) is 105 Å². The Kier molecular flexibility index (Phi) is 7.78. The largest absolute Gasteiger partial charge is 0.348 e. The highest BCUT2D eigenvalue weighted by molar-refractivity contribution is 9.10. The molecule has 5 rings (SSSR count). The Labute approximate surface area is 228 Å². The first kappa shape index (κ1) is 26.0. The van der Waals surface area contributed by atoms with E-state index >= 15 is 0 Å². The van der Waals surface area contributed by atoms with Crippen molar-refractivity contribution in [1.82, 2.24) is 9.80 Å². The van der Waals surface area contributed by atoms with E-state index in [9.17, 15) is 19.2 Å². The molecule has 0 aliphatic carbocycles. The van der Waals surface area contributed by atoms with Crippen molar-refractivity contribution in [2.45, 2.75) is 19.1 Å². The van der Waals surface area contributed by atoms with Gasteiger partial charge in [0.1, 0.15) is 0 Å². The zero-order valence-electron chi connectivity index (χ0n) is 20.5. The Hall–Kier alpha value is -3.66. The molecule has 0 N–H and O–H groups in total. The number of rotatable bonds is 11. The van der Waals surface area contributed by atoms with Gasteiger partial charge in [0.05, 0.1) is 35.5 Å². The van der Waals surface area contributed by atoms with Crippen LogP contribution in [0.3, 0.4) is 0 Å². The number of carbonyl (C=O) groups excluding carboxylic acids is 4. The molecule has 4 amide bonds. The minimum absolute atomic E-state index is 0.231. The first-order chi connectivity index (χ1) is 18.5. The maximum atomic E-state index is 12.6. The molecule has 0 spiro atoms. The fourth-order valence-corrected chi connectivity index (χ4v) is 5.08. The molecule has 0 saturated carbocycles. The topological polar surface area (TPSA) is 93.2 Å². The molecular formula is C29H25BrN2O6. The first-order valence-corrected chi connectivity index (χ1v) is 13.1. The molecule has 8 nitrogen and oxygen atoms in total. The normalized spacial score (nSPS) is 14.6. The lowest BCUT2D eigenvalue weighted by Gasteiger charge is -2.22. The number of amides is 4. The van der Waals surface area contributed by atoms with Crippen LogP contribution in [-0.2, 0) is 9.47 Å². The fourth-order valence-electron chi connectivity index (χ4n) is 4.60. The molecule has 9 heteroatoms. The number of hydrogen-bond acceptors (Lipinski definition) is 6. The molecule has 2 aliphatic rings. The minimum atomic E-state index is -0.713. The van der Waals surface area contributed by atoms with Gasteiger partial charge in [-0.25, -0.2) is 0 Å². The highest BCUT2D eigenvalue weighted by Gasteiger charge is 2.35. The van der Waals surface area contributed by atoms with Crippen molar-refractivity contribution in [3.63, 3.8) is 0 Å². The molecule has 3 aromatic rings. The Morgan fingerprint density at radius 1 is 0.579 bits per heavy atom. The molecule has 0 aromatic heterocycles. The summed E-state index contributed by atoms with van der Waals surface area (Å²) >= 11 is 3.53. The molecule has 0 unspecified atom stereocenters. The van der Waals surface area contributed by atoms with Crippen molar-refractivity contribution in [1.29, 1.82) is 0 Å². The summed E-state index contributed by atoms with van der Waals surface area (Å²) in [6.45, 7) is 0.958. The van der Waals surface area contributed by atoms with Crippen LogP contribution in [0.1, 0.15) is 66.1 Å². The average Bonchev–Trinajstić information content (AvgIpc) is 3.33. The third-order valence-corrected chi connectivity index (χ3v) is 7.23. The van der Waals surface area contributed by atoms with E-state index in [1.54, 1.807) is 48.5 Å². The monoisotopic (exact) mass is 576 g/mol. The summed E-state index contributed by atoms with van der Waals surface area (Å²) in [5, 5.41) is 0. The summed E-state index contributed by atoms with van der Waals surface area (Å²) < 4.78 is 12.9. The number of benzene rings is 3. The summed E-state index contributed by atoms with van der Waals surface area (Å²) in [5.74, 6) is -1.18. The van der Waals surface area contributed by atoms with Gasteiger partial charge in [-0.3, -0.25) is 29.0 Å². The summed E-state index contributed by atoms with van der Waals surface area (Å²) in [4.78, 5) is 52.8. The second-order valence-corrected chi connectivity index (χ2v) is 9.77. The lowest BCUT2D eigenvalue weighted by Crippen LogP contribution is -2.32. The van der Waals surface area contributed by atoms with Crippen LogP contribution >= 0.6 is 15.9 Å². The molecule has 2 heterocycles. The van der Waals surface area contributed by atoms with Crippen molar-refractivity contribution < 1.29 is 28.7 Å². The van der Waals surface area contributed by atoms with E-state index in [0.717, 1.165) is 10.0 Å². The lowest BCUT2D eigenvalue weighted by molar-refractivity contribution is -0.148. The van der Waals surface area contributed by atoms with Crippen molar-refractivity contribution >= 4 is 39.6 Å². The van der Waals surface area contributed by atoms with Crippen molar-refractivity contribution in [2.24, 2.45) is 0 Å². The third-order valence-electron chi connectivity index (χ3n) is 6.51. The average molecular weight is 577 g/mol. The molecule has 3 aromatic carbocycles. The van der Waals surface area contributed by atoms with Gasteiger partial charge in [-0.15, -0.1) is 0 Å². The van der Waals surface area contributed by atoms with Gasteiger partial charge in [0.2, 0.25) is 0 Å². The molecule has 0 radical (unpaired) electrons. The molecule has 0 fully saturated rings. The summed E-state index contributed by atoms with van der Waals surface area (Å²) in [6, 6.07) is 21.1. The number of carbonyl (C=O) groups is 4. The summed E-state index contributed by atoms with van der Waals surface area (Å²) in [7, 11) is 0. The van der Waals surface area contributed by atoms with Crippen LogP contribution in [0.2, 0.25) is 0 Å². The van der Waals surface area contributed by atoms with Gasteiger partial charge < -0.3 is 9.47 Å². The zero-order valence-corrected chi connectivity index (χ0v) is 22.1. The molecular weight excluding hydrogens is 552 g/mol. The zero-order chi connectivity index (χ0) is 26.6. The fraction of sp³-hybridized carbons (Fsp3) is 0.241. The lowest BCUT2D eigenvalue weighted by atomic mass is 10.1. The number of imide groups is 2. The number of ether oxygens (including phenoxy) is 2. The molecule has 194 valence electrons. The van der Waals surface area contributed by atoms with Gasteiger partial charge >= 0.3 is 0 Å². The van der Waals surface area contributed by atoms with Crippen LogP contribution in [0.4, 0.5) is 0 Å². The van der Waals surface area contributed by atoms with E-state index in [4.69, 9.17) is 9.47 Å². The predicted molar refractivity (Wildman–Crippen MR) is 142 cm³/mol. The second kappa shape index (κ2) is 11.4. The van der Waals surface area contributed by atoms with Gasteiger partial charge in [0, 0.05) is 23.1 Å². The Morgan fingerprint density at radius 2 is 0.947 bits per heavy atom.